The fourth-order valence-electron chi connectivity index (χ4n) is 1.44. The van der Waals surface area contributed by atoms with Crippen LogP contribution in [0.1, 0.15) is 38.5 Å². The van der Waals surface area contributed by atoms with Gasteiger partial charge in [0.1, 0.15) is 5.92 Å². The van der Waals surface area contributed by atoms with E-state index in [0.717, 1.165) is 25.7 Å². The normalized spacial score (nSPS) is 10.8. The van der Waals surface area contributed by atoms with Crippen molar-refractivity contribution < 1.29 is 0 Å². The summed E-state index contributed by atoms with van der Waals surface area (Å²) in [6.07, 6.45) is 4.80. The van der Waals surface area contributed by atoms with Crippen molar-refractivity contribution in [2.24, 2.45) is 11.8 Å². The molecule has 82 valence electrons. The Kier molecular flexibility index (Phi) is 8.30. The molecule has 0 amide bonds. The molecule has 0 aliphatic carbocycles. The van der Waals surface area contributed by atoms with Crippen LogP contribution in [0.2, 0.25) is 0 Å². The van der Waals surface area contributed by atoms with E-state index in [0.29, 0.717) is 12.8 Å². The summed E-state index contributed by atoms with van der Waals surface area (Å²) in [6.45, 7) is 0. The lowest BCUT2D eigenvalue weighted by atomic mass is 9.91. The summed E-state index contributed by atoms with van der Waals surface area (Å²) in [5, 5.41) is 34.4. The third kappa shape index (κ3) is 5.64. The smallest absolute Gasteiger partial charge is 0.149 e. The van der Waals surface area contributed by atoms with E-state index < -0.39 is 11.8 Å². The van der Waals surface area contributed by atoms with E-state index in [1.54, 1.807) is 0 Å². The second-order valence-electron chi connectivity index (χ2n) is 3.58. The Morgan fingerprint density at radius 2 is 1.38 bits per heavy atom. The fourth-order valence-corrected chi connectivity index (χ4v) is 1.44. The maximum Gasteiger partial charge on any atom is 0.149 e. The Balaban J connectivity index is 3.75. The highest BCUT2D eigenvalue weighted by Crippen LogP contribution is 2.18. The van der Waals surface area contributed by atoms with Gasteiger partial charge in [-0.2, -0.15) is 21.0 Å². The Bertz CT molecular complexity index is 333. The van der Waals surface area contributed by atoms with E-state index in [4.69, 9.17) is 21.0 Å². The lowest BCUT2D eigenvalue weighted by molar-refractivity contribution is 0.495. The molecule has 16 heavy (non-hydrogen) atoms. The molecule has 0 aliphatic rings. The minimum absolute atomic E-state index is 0.481. The summed E-state index contributed by atoms with van der Waals surface area (Å²) < 4.78 is 0. The van der Waals surface area contributed by atoms with Crippen molar-refractivity contribution in [1.82, 2.24) is 0 Å². The molecule has 0 aliphatic heterocycles. The first-order chi connectivity index (χ1) is 7.79. The van der Waals surface area contributed by atoms with Crippen molar-refractivity contribution in [2.45, 2.75) is 38.5 Å². The third-order valence-electron chi connectivity index (χ3n) is 2.40. The second kappa shape index (κ2) is 9.51. The molecule has 0 radical (unpaired) electrons. The minimum atomic E-state index is -0.816. The molecule has 0 aromatic rings. The predicted octanol–water partition coefficient (Wildman–Crippen LogP) is 2.65. The molecule has 0 bridgehead atoms. The highest BCUT2D eigenvalue weighted by molar-refractivity contribution is 5.08. The maximum absolute atomic E-state index is 8.80. The van der Waals surface area contributed by atoms with Crippen molar-refractivity contribution >= 4 is 0 Å². The van der Waals surface area contributed by atoms with Crippen LogP contribution >= 0.6 is 0 Å². The van der Waals surface area contributed by atoms with E-state index in [9.17, 15) is 0 Å². The minimum Gasteiger partial charge on any atom is -0.198 e. The first-order valence-corrected chi connectivity index (χ1v) is 5.36. The zero-order valence-corrected chi connectivity index (χ0v) is 9.19. The molecule has 0 rings (SSSR count). The standard InChI is InChI=1S/C12H14N4/c13-7-5-3-1-2-4-6-11(8-14)12(9-15)10-16/h11-12H,1-6H2. The summed E-state index contributed by atoms with van der Waals surface area (Å²) in [5.41, 5.74) is 0. The summed E-state index contributed by atoms with van der Waals surface area (Å²) in [4.78, 5) is 0. The van der Waals surface area contributed by atoms with Crippen LogP contribution < -0.4 is 0 Å². The van der Waals surface area contributed by atoms with E-state index in [2.05, 4.69) is 6.07 Å². The van der Waals surface area contributed by atoms with Gasteiger partial charge in [0.2, 0.25) is 0 Å². The Hall–Kier alpha value is -2.04. The molecule has 0 spiro atoms. The van der Waals surface area contributed by atoms with Crippen LogP contribution in [-0.2, 0) is 0 Å². The SMILES string of the molecule is N#CCCCCCCC(C#N)C(C#N)C#N. The molecular formula is C12H14N4. The van der Waals surface area contributed by atoms with Gasteiger partial charge in [0.05, 0.1) is 30.2 Å². The number of hydrogen-bond donors (Lipinski definition) is 0. The first-order valence-electron chi connectivity index (χ1n) is 5.36. The van der Waals surface area contributed by atoms with Crippen LogP contribution in [-0.4, -0.2) is 0 Å². The van der Waals surface area contributed by atoms with Gasteiger partial charge in [-0.15, -0.1) is 0 Å². The summed E-state index contributed by atoms with van der Waals surface area (Å²) in [6, 6.07) is 7.76. The molecule has 4 heteroatoms. The number of rotatable bonds is 7. The fraction of sp³-hybridized carbons (Fsp3) is 0.667. The molecule has 0 fully saturated rings. The molecule has 0 aromatic heterocycles. The van der Waals surface area contributed by atoms with Gasteiger partial charge in [0.25, 0.3) is 0 Å². The Morgan fingerprint density at radius 1 is 0.750 bits per heavy atom. The maximum atomic E-state index is 8.80. The molecule has 1 atom stereocenters. The zero-order valence-electron chi connectivity index (χ0n) is 9.19. The summed E-state index contributed by atoms with van der Waals surface area (Å²) in [5.74, 6) is -1.30. The van der Waals surface area contributed by atoms with Crippen molar-refractivity contribution in [1.29, 1.82) is 21.0 Å². The van der Waals surface area contributed by atoms with Crippen molar-refractivity contribution in [3.63, 3.8) is 0 Å². The molecule has 0 heterocycles. The molecule has 0 N–H and O–H groups in total. The van der Waals surface area contributed by atoms with Crippen LogP contribution in [0.25, 0.3) is 0 Å². The van der Waals surface area contributed by atoms with Gasteiger partial charge in [-0.05, 0) is 12.8 Å². The highest BCUT2D eigenvalue weighted by Gasteiger charge is 2.19. The van der Waals surface area contributed by atoms with Crippen LogP contribution in [0.3, 0.4) is 0 Å². The first kappa shape index (κ1) is 14.0. The molecular weight excluding hydrogens is 200 g/mol. The highest BCUT2D eigenvalue weighted by atomic mass is 14.4. The average molecular weight is 214 g/mol. The van der Waals surface area contributed by atoms with Gasteiger partial charge in [-0.3, -0.25) is 0 Å². The second-order valence-corrected chi connectivity index (χ2v) is 3.58. The molecule has 0 saturated carbocycles. The topological polar surface area (TPSA) is 95.2 Å². The molecule has 0 aromatic carbocycles. The van der Waals surface area contributed by atoms with Crippen molar-refractivity contribution in [3.05, 3.63) is 0 Å². The predicted molar refractivity (Wildman–Crippen MR) is 57.1 cm³/mol. The van der Waals surface area contributed by atoms with Crippen molar-refractivity contribution in [3.8, 4) is 24.3 Å². The number of nitrogens with zero attached hydrogens (tertiary/aromatic N) is 4. The number of hydrogen-bond acceptors (Lipinski definition) is 4. The summed E-state index contributed by atoms with van der Waals surface area (Å²) in [7, 11) is 0. The largest absolute Gasteiger partial charge is 0.198 e. The van der Waals surface area contributed by atoms with Crippen molar-refractivity contribution in [2.75, 3.05) is 0 Å². The molecule has 0 saturated heterocycles. The van der Waals surface area contributed by atoms with E-state index >= 15 is 0 Å². The zero-order chi connectivity index (χ0) is 12.2. The van der Waals surface area contributed by atoms with E-state index in [1.165, 1.54) is 0 Å². The number of nitriles is 4. The number of unbranched alkanes of at least 4 members (excludes halogenated alkanes) is 4. The quantitative estimate of drug-likeness (QED) is 0.608. The van der Waals surface area contributed by atoms with Crippen LogP contribution in [0.4, 0.5) is 0 Å². The Morgan fingerprint density at radius 3 is 1.88 bits per heavy atom. The van der Waals surface area contributed by atoms with E-state index in [-0.39, 0.29) is 0 Å². The van der Waals surface area contributed by atoms with Gasteiger partial charge < -0.3 is 0 Å². The van der Waals surface area contributed by atoms with Crippen LogP contribution in [0, 0.1) is 57.2 Å². The van der Waals surface area contributed by atoms with Gasteiger partial charge in [0, 0.05) is 6.42 Å². The summed E-state index contributed by atoms with van der Waals surface area (Å²) >= 11 is 0. The monoisotopic (exact) mass is 214 g/mol. The third-order valence-corrected chi connectivity index (χ3v) is 2.40. The van der Waals surface area contributed by atoms with Gasteiger partial charge in [0.15, 0.2) is 0 Å². The molecule has 4 nitrogen and oxygen atoms in total. The van der Waals surface area contributed by atoms with E-state index in [1.807, 2.05) is 18.2 Å². The lowest BCUT2D eigenvalue weighted by Crippen LogP contribution is -2.09. The Labute approximate surface area is 96.3 Å². The average Bonchev–Trinajstić information content (AvgIpc) is 2.32. The van der Waals surface area contributed by atoms with Gasteiger partial charge in [-0.1, -0.05) is 19.3 Å². The van der Waals surface area contributed by atoms with Crippen LogP contribution in [0.15, 0.2) is 0 Å². The van der Waals surface area contributed by atoms with Gasteiger partial charge >= 0.3 is 0 Å². The molecule has 1 unspecified atom stereocenters. The van der Waals surface area contributed by atoms with Crippen LogP contribution in [0.5, 0.6) is 0 Å². The van der Waals surface area contributed by atoms with Gasteiger partial charge in [-0.25, -0.2) is 0 Å². The lowest BCUT2D eigenvalue weighted by Gasteiger charge is -2.07.